The fourth-order valence-corrected chi connectivity index (χ4v) is 1.58. The van der Waals surface area contributed by atoms with Crippen LogP contribution in [0.4, 0.5) is 4.39 Å². The van der Waals surface area contributed by atoms with Gasteiger partial charge in [0.15, 0.2) is 11.6 Å². The molecule has 0 radical (unpaired) electrons. The summed E-state index contributed by atoms with van der Waals surface area (Å²) in [5.41, 5.74) is -0.388. The maximum absolute atomic E-state index is 14.1. The molecule has 0 aliphatic heterocycles. The van der Waals surface area contributed by atoms with E-state index in [0.29, 0.717) is 11.3 Å². The average Bonchev–Trinajstić information content (AvgIpc) is 2.28. The molecule has 16 heavy (non-hydrogen) atoms. The molecule has 4 heteroatoms. The first-order valence-corrected chi connectivity index (χ1v) is 4.99. The summed E-state index contributed by atoms with van der Waals surface area (Å²) in [6.45, 7) is 3.31. The van der Waals surface area contributed by atoms with E-state index in [0.717, 1.165) is 0 Å². The van der Waals surface area contributed by atoms with Crippen molar-refractivity contribution in [3.8, 4) is 11.5 Å². The lowest BCUT2D eigenvalue weighted by Gasteiger charge is -2.25. The van der Waals surface area contributed by atoms with Gasteiger partial charge in [0.25, 0.3) is 0 Å². The Labute approximate surface area is 94.8 Å². The van der Waals surface area contributed by atoms with E-state index in [1.54, 1.807) is 19.9 Å². The molecule has 0 saturated heterocycles. The lowest BCUT2D eigenvalue weighted by atomic mass is 9.84. The van der Waals surface area contributed by atoms with Gasteiger partial charge in [-0.15, -0.1) is 0 Å². The van der Waals surface area contributed by atoms with Crippen LogP contribution in [0.15, 0.2) is 12.1 Å². The van der Waals surface area contributed by atoms with Gasteiger partial charge in [0.1, 0.15) is 5.75 Å². The largest absolute Gasteiger partial charge is 0.496 e. The second kappa shape index (κ2) is 4.70. The highest BCUT2D eigenvalue weighted by molar-refractivity contribution is 5.46. The Morgan fingerprint density at radius 2 is 1.69 bits per heavy atom. The van der Waals surface area contributed by atoms with Gasteiger partial charge in [0.05, 0.1) is 20.8 Å². The van der Waals surface area contributed by atoms with Crippen molar-refractivity contribution in [3.05, 3.63) is 23.5 Å². The van der Waals surface area contributed by atoms with Crippen molar-refractivity contribution in [2.24, 2.45) is 0 Å². The second-order valence-corrected chi connectivity index (χ2v) is 4.20. The molecular weight excluding hydrogens is 211 g/mol. The standard InChI is InChI=1S/C12H17FO3/c1-12(2,7-14)10-8(15-3)5-6-9(16-4)11(10)13/h5-6,14H,7H2,1-4H3. The van der Waals surface area contributed by atoms with Crippen molar-refractivity contribution in [3.63, 3.8) is 0 Å². The first-order chi connectivity index (χ1) is 7.47. The number of hydrogen-bond acceptors (Lipinski definition) is 3. The number of aliphatic hydroxyl groups is 1. The summed E-state index contributed by atoms with van der Waals surface area (Å²) in [4.78, 5) is 0. The molecule has 0 fully saturated rings. The molecule has 1 aromatic rings. The van der Waals surface area contributed by atoms with Crippen LogP contribution in [0.5, 0.6) is 11.5 Å². The Kier molecular flexibility index (Phi) is 3.75. The van der Waals surface area contributed by atoms with Crippen LogP contribution in [0.1, 0.15) is 19.4 Å². The van der Waals surface area contributed by atoms with Gasteiger partial charge in [0.2, 0.25) is 0 Å². The van der Waals surface area contributed by atoms with E-state index in [-0.39, 0.29) is 12.4 Å². The summed E-state index contributed by atoms with van der Waals surface area (Å²) in [6, 6.07) is 3.14. The Morgan fingerprint density at radius 3 is 2.12 bits per heavy atom. The summed E-state index contributed by atoms with van der Waals surface area (Å²) in [6.07, 6.45) is 0. The van der Waals surface area contributed by atoms with E-state index in [1.807, 2.05) is 0 Å². The van der Waals surface area contributed by atoms with Crippen LogP contribution in [0.25, 0.3) is 0 Å². The lowest BCUT2D eigenvalue weighted by molar-refractivity contribution is 0.209. The molecule has 1 rings (SSSR count). The molecule has 0 aliphatic rings. The van der Waals surface area contributed by atoms with Gasteiger partial charge in [-0.3, -0.25) is 0 Å². The maximum Gasteiger partial charge on any atom is 0.172 e. The Bertz CT molecular complexity index is 375. The van der Waals surface area contributed by atoms with E-state index < -0.39 is 11.2 Å². The highest BCUT2D eigenvalue weighted by atomic mass is 19.1. The van der Waals surface area contributed by atoms with Crippen molar-refractivity contribution >= 4 is 0 Å². The van der Waals surface area contributed by atoms with Gasteiger partial charge in [-0.05, 0) is 12.1 Å². The molecule has 1 N–H and O–H groups in total. The summed E-state index contributed by atoms with van der Waals surface area (Å²) in [5, 5.41) is 9.29. The molecule has 0 spiro atoms. The topological polar surface area (TPSA) is 38.7 Å². The van der Waals surface area contributed by atoms with Gasteiger partial charge in [-0.1, -0.05) is 13.8 Å². The predicted octanol–water partition coefficient (Wildman–Crippen LogP) is 2.11. The Balaban J connectivity index is 3.43. The quantitative estimate of drug-likeness (QED) is 0.857. The maximum atomic E-state index is 14.1. The molecule has 0 aromatic heterocycles. The minimum atomic E-state index is -0.718. The second-order valence-electron chi connectivity index (χ2n) is 4.20. The van der Waals surface area contributed by atoms with Crippen molar-refractivity contribution in [1.29, 1.82) is 0 Å². The van der Waals surface area contributed by atoms with Crippen LogP contribution in [-0.4, -0.2) is 25.9 Å². The molecule has 0 unspecified atom stereocenters. The van der Waals surface area contributed by atoms with Gasteiger partial charge in [-0.25, -0.2) is 4.39 Å². The highest BCUT2D eigenvalue weighted by Crippen LogP contribution is 2.37. The Morgan fingerprint density at radius 1 is 1.19 bits per heavy atom. The van der Waals surface area contributed by atoms with Crippen LogP contribution in [-0.2, 0) is 5.41 Å². The number of rotatable bonds is 4. The van der Waals surface area contributed by atoms with Crippen LogP contribution in [0.3, 0.4) is 0 Å². The van der Waals surface area contributed by atoms with Crippen molar-refractivity contribution in [2.75, 3.05) is 20.8 Å². The zero-order valence-electron chi connectivity index (χ0n) is 10.0. The van der Waals surface area contributed by atoms with E-state index in [9.17, 15) is 9.50 Å². The van der Waals surface area contributed by atoms with Crippen LogP contribution in [0.2, 0.25) is 0 Å². The third-order valence-electron chi connectivity index (χ3n) is 2.58. The molecule has 0 saturated carbocycles. The van der Waals surface area contributed by atoms with E-state index in [1.165, 1.54) is 20.3 Å². The summed E-state index contributed by atoms with van der Waals surface area (Å²) in [5.74, 6) is 0.0792. The normalized spacial score (nSPS) is 11.4. The van der Waals surface area contributed by atoms with Crippen molar-refractivity contribution in [1.82, 2.24) is 0 Å². The first-order valence-electron chi connectivity index (χ1n) is 4.99. The average molecular weight is 228 g/mol. The predicted molar refractivity (Wildman–Crippen MR) is 59.6 cm³/mol. The number of methoxy groups -OCH3 is 2. The van der Waals surface area contributed by atoms with Crippen LogP contribution in [0, 0.1) is 5.82 Å². The smallest absolute Gasteiger partial charge is 0.172 e. The number of ether oxygens (including phenoxy) is 2. The van der Waals surface area contributed by atoms with Crippen molar-refractivity contribution < 1.29 is 19.0 Å². The van der Waals surface area contributed by atoms with E-state index in [4.69, 9.17) is 9.47 Å². The summed E-state index contributed by atoms with van der Waals surface area (Å²) in [7, 11) is 2.87. The number of benzene rings is 1. The monoisotopic (exact) mass is 228 g/mol. The summed E-state index contributed by atoms with van der Waals surface area (Å²) >= 11 is 0. The fraction of sp³-hybridized carbons (Fsp3) is 0.500. The molecule has 0 bridgehead atoms. The van der Waals surface area contributed by atoms with Crippen LogP contribution < -0.4 is 9.47 Å². The molecule has 90 valence electrons. The van der Waals surface area contributed by atoms with E-state index in [2.05, 4.69) is 0 Å². The fourth-order valence-electron chi connectivity index (χ4n) is 1.58. The molecule has 3 nitrogen and oxygen atoms in total. The zero-order valence-corrected chi connectivity index (χ0v) is 10.0. The number of halogens is 1. The SMILES string of the molecule is COc1ccc(OC)c(C(C)(C)CO)c1F. The van der Waals surface area contributed by atoms with Gasteiger partial charge >= 0.3 is 0 Å². The lowest BCUT2D eigenvalue weighted by Crippen LogP contribution is -2.24. The number of aliphatic hydroxyl groups excluding tert-OH is 1. The van der Waals surface area contributed by atoms with E-state index >= 15 is 0 Å². The third kappa shape index (κ3) is 2.11. The first kappa shape index (κ1) is 12.8. The molecule has 0 heterocycles. The van der Waals surface area contributed by atoms with Gasteiger partial charge in [0, 0.05) is 11.0 Å². The minimum absolute atomic E-state index is 0.150. The van der Waals surface area contributed by atoms with Crippen LogP contribution >= 0.6 is 0 Å². The number of hydrogen-bond donors (Lipinski definition) is 1. The Hall–Kier alpha value is -1.29. The molecule has 1 aromatic carbocycles. The minimum Gasteiger partial charge on any atom is -0.496 e. The van der Waals surface area contributed by atoms with Crippen molar-refractivity contribution in [2.45, 2.75) is 19.3 Å². The molecule has 0 amide bonds. The third-order valence-corrected chi connectivity index (χ3v) is 2.58. The zero-order chi connectivity index (χ0) is 12.3. The van der Waals surface area contributed by atoms with Gasteiger partial charge in [-0.2, -0.15) is 0 Å². The van der Waals surface area contributed by atoms with Gasteiger partial charge < -0.3 is 14.6 Å². The molecular formula is C12H17FO3. The highest BCUT2D eigenvalue weighted by Gasteiger charge is 2.29. The summed E-state index contributed by atoms with van der Waals surface area (Å²) < 4.78 is 24.1. The molecule has 0 aliphatic carbocycles. The molecule has 0 atom stereocenters.